The summed E-state index contributed by atoms with van der Waals surface area (Å²) in [6, 6.07) is -1.58. The number of esters is 1. The lowest BCUT2D eigenvalue weighted by Gasteiger charge is -2.29. The number of likely N-dealkylation sites (N-methyl/N-ethyl adjacent to an activating group) is 1. The van der Waals surface area contributed by atoms with E-state index in [0.717, 1.165) is 32.1 Å². The lowest BCUT2D eigenvalue weighted by molar-refractivity contribution is -0.819. The van der Waals surface area contributed by atoms with Crippen molar-refractivity contribution in [3.8, 4) is 0 Å². The number of ether oxygens (including phenoxy) is 1. The first-order chi connectivity index (χ1) is 18.0. The molecule has 0 aromatic rings. The van der Waals surface area contributed by atoms with Crippen molar-refractivity contribution in [2.45, 2.75) is 110 Å². The molecule has 0 saturated heterocycles. The first kappa shape index (κ1) is 37.5. The van der Waals surface area contributed by atoms with Gasteiger partial charge < -0.3 is 38.9 Å². The summed E-state index contributed by atoms with van der Waals surface area (Å²) in [5.74, 6) is -1.33. The zero-order valence-corrected chi connectivity index (χ0v) is 27.6. The van der Waals surface area contributed by atoms with Gasteiger partial charge in [0.2, 0.25) is 5.91 Å². The fourth-order valence-corrected chi connectivity index (χ4v) is 5.20. The Labute approximate surface area is 254 Å². The van der Waals surface area contributed by atoms with Gasteiger partial charge >= 0.3 is 11.9 Å². The first-order valence-electron chi connectivity index (χ1n) is 14.7. The van der Waals surface area contributed by atoms with Gasteiger partial charge in [0.25, 0.3) is 5.91 Å². The summed E-state index contributed by atoms with van der Waals surface area (Å²) >= 11 is 0. The SMILES string of the molecule is CCCCCCCC1CC/C=C\CC(C(=O)N(C)C)C[C@@H](C(=O)OCC)NC(=O)[C@H](CC(C)C)[NH+](C)C1=O.[I-]. The first-order valence-corrected chi connectivity index (χ1v) is 14.7. The van der Waals surface area contributed by atoms with Gasteiger partial charge in [0.15, 0.2) is 6.04 Å². The van der Waals surface area contributed by atoms with Crippen LogP contribution in [0.3, 0.4) is 0 Å². The molecule has 39 heavy (non-hydrogen) atoms. The molecule has 0 fully saturated rings. The zero-order chi connectivity index (χ0) is 28.7. The van der Waals surface area contributed by atoms with E-state index in [9.17, 15) is 19.2 Å². The molecular weight excluding hydrogens is 609 g/mol. The maximum Gasteiger partial charge on any atom is 0.328 e. The Bertz CT molecular complexity index is 787. The van der Waals surface area contributed by atoms with Crippen LogP contribution in [0.25, 0.3) is 0 Å². The van der Waals surface area contributed by atoms with Gasteiger partial charge in [0.05, 0.1) is 19.6 Å². The summed E-state index contributed by atoms with van der Waals surface area (Å²) in [7, 11) is 5.19. The molecule has 1 aliphatic heterocycles. The molecule has 8 nitrogen and oxygen atoms in total. The van der Waals surface area contributed by atoms with Gasteiger partial charge in [0.1, 0.15) is 6.04 Å². The van der Waals surface area contributed by atoms with E-state index in [1.165, 1.54) is 24.2 Å². The van der Waals surface area contributed by atoms with Crippen molar-refractivity contribution in [3.05, 3.63) is 12.2 Å². The molecular formula is C30H54IN3O5. The Kier molecular flexibility index (Phi) is 19.6. The summed E-state index contributed by atoms with van der Waals surface area (Å²) in [5, 5.41) is 2.89. The summed E-state index contributed by atoms with van der Waals surface area (Å²) < 4.78 is 5.27. The topological polar surface area (TPSA) is 97.2 Å². The van der Waals surface area contributed by atoms with E-state index < -0.39 is 24.0 Å². The van der Waals surface area contributed by atoms with Gasteiger partial charge in [0, 0.05) is 26.4 Å². The van der Waals surface area contributed by atoms with Crippen molar-refractivity contribution in [1.82, 2.24) is 10.2 Å². The second-order valence-electron chi connectivity index (χ2n) is 11.4. The van der Waals surface area contributed by atoms with Crippen LogP contribution >= 0.6 is 0 Å². The van der Waals surface area contributed by atoms with E-state index in [2.05, 4.69) is 18.3 Å². The number of unbranched alkanes of at least 4 members (excludes halogenated alkanes) is 4. The van der Waals surface area contributed by atoms with Crippen LogP contribution in [0.5, 0.6) is 0 Å². The van der Waals surface area contributed by atoms with Crippen LogP contribution in [0, 0.1) is 17.8 Å². The molecule has 0 saturated carbocycles. The van der Waals surface area contributed by atoms with Crippen LogP contribution in [-0.4, -0.2) is 68.4 Å². The molecule has 2 N–H and O–H groups in total. The van der Waals surface area contributed by atoms with E-state index in [1.807, 2.05) is 19.9 Å². The molecule has 1 heterocycles. The van der Waals surface area contributed by atoms with Gasteiger partial charge in [-0.1, -0.05) is 65.0 Å². The lowest BCUT2D eigenvalue weighted by Crippen LogP contribution is -3.17. The number of allylic oxidation sites excluding steroid dienone is 2. The van der Waals surface area contributed by atoms with Crippen molar-refractivity contribution in [2.24, 2.45) is 17.8 Å². The van der Waals surface area contributed by atoms with Gasteiger partial charge in [-0.3, -0.25) is 14.5 Å². The summed E-state index contributed by atoms with van der Waals surface area (Å²) in [6.45, 7) is 8.14. The quantitative estimate of drug-likeness (QED) is 0.144. The molecule has 0 aromatic carbocycles. The number of carbonyl (C=O) groups excluding carboxylic acids is 4. The third-order valence-electron chi connectivity index (χ3n) is 7.43. The van der Waals surface area contributed by atoms with Crippen LogP contribution in [0.15, 0.2) is 12.2 Å². The molecule has 5 atom stereocenters. The van der Waals surface area contributed by atoms with Gasteiger partial charge in [-0.05, 0) is 44.9 Å². The molecule has 1 rings (SSSR count). The number of rotatable bonds is 11. The standard InChI is InChI=1S/C30H53N3O5.HI/c1-8-10-11-12-14-17-23-18-15-13-16-19-24(28(35)32(5)6)21-25(30(37)38-9-2)31-27(34)26(20-22(3)4)33(7)29(23)36;/h13,16,22-26H,8-12,14-15,17-21H2,1-7H3,(H,31,34);1H/b16-13-;/t23?,24?,25-,26-;/m0./s1. The Morgan fingerprint density at radius 3 is 2.36 bits per heavy atom. The fourth-order valence-electron chi connectivity index (χ4n) is 5.20. The Morgan fingerprint density at radius 2 is 1.77 bits per heavy atom. The number of nitrogens with zero attached hydrogens (tertiary/aromatic N) is 1. The second-order valence-corrected chi connectivity index (χ2v) is 11.4. The molecule has 0 aliphatic carbocycles. The highest BCUT2D eigenvalue weighted by molar-refractivity contribution is 5.88. The highest BCUT2D eigenvalue weighted by Gasteiger charge is 2.39. The largest absolute Gasteiger partial charge is 1.00 e. The number of quaternary nitrogens is 1. The van der Waals surface area contributed by atoms with E-state index >= 15 is 0 Å². The average molecular weight is 664 g/mol. The molecule has 226 valence electrons. The van der Waals surface area contributed by atoms with E-state index in [1.54, 1.807) is 28.1 Å². The van der Waals surface area contributed by atoms with Crippen molar-refractivity contribution in [2.75, 3.05) is 27.7 Å². The van der Waals surface area contributed by atoms with Crippen LogP contribution < -0.4 is 34.2 Å². The Balaban J connectivity index is 0.0000144. The fraction of sp³-hybridized carbons (Fsp3) is 0.800. The molecule has 0 spiro atoms. The van der Waals surface area contributed by atoms with Crippen molar-refractivity contribution < 1.29 is 52.8 Å². The minimum absolute atomic E-state index is 0. The zero-order valence-electron chi connectivity index (χ0n) is 25.4. The van der Waals surface area contributed by atoms with Crippen molar-refractivity contribution in [3.63, 3.8) is 0 Å². The van der Waals surface area contributed by atoms with E-state index in [-0.39, 0.29) is 66.6 Å². The molecule has 0 bridgehead atoms. The van der Waals surface area contributed by atoms with Crippen molar-refractivity contribution in [1.29, 1.82) is 0 Å². The maximum atomic E-state index is 13.7. The lowest BCUT2D eigenvalue weighted by atomic mass is 9.91. The number of amides is 3. The molecule has 3 unspecified atom stereocenters. The minimum atomic E-state index is -0.959. The number of hydrogen-bond donors (Lipinski definition) is 2. The Hall–Kier alpha value is -1.49. The molecule has 0 radical (unpaired) electrons. The molecule has 9 heteroatoms. The second kappa shape index (κ2) is 20.4. The Morgan fingerprint density at radius 1 is 1.10 bits per heavy atom. The van der Waals surface area contributed by atoms with Crippen LogP contribution in [-0.2, 0) is 23.9 Å². The summed E-state index contributed by atoms with van der Waals surface area (Å²) in [6.07, 6.45) is 13.1. The average Bonchev–Trinajstić information content (AvgIpc) is 2.86. The summed E-state index contributed by atoms with van der Waals surface area (Å²) in [4.78, 5) is 55.3. The van der Waals surface area contributed by atoms with Crippen LogP contribution in [0.1, 0.15) is 98.3 Å². The molecule has 3 amide bonds. The third kappa shape index (κ3) is 13.6. The monoisotopic (exact) mass is 663 g/mol. The number of hydrogen-bond acceptors (Lipinski definition) is 5. The highest BCUT2D eigenvalue weighted by Crippen LogP contribution is 2.20. The predicted molar refractivity (Wildman–Crippen MR) is 150 cm³/mol. The number of nitrogens with one attached hydrogen (secondary N) is 2. The predicted octanol–water partition coefficient (Wildman–Crippen LogP) is 0.306. The molecule has 1 aliphatic rings. The van der Waals surface area contributed by atoms with Crippen molar-refractivity contribution >= 4 is 23.7 Å². The van der Waals surface area contributed by atoms with Gasteiger partial charge in [-0.2, -0.15) is 0 Å². The minimum Gasteiger partial charge on any atom is -1.00 e. The third-order valence-corrected chi connectivity index (χ3v) is 7.43. The van der Waals surface area contributed by atoms with E-state index in [0.29, 0.717) is 17.7 Å². The number of carbonyl (C=O) groups is 4. The maximum absolute atomic E-state index is 13.7. The highest BCUT2D eigenvalue weighted by atomic mass is 127. The van der Waals surface area contributed by atoms with Gasteiger partial charge in [-0.25, -0.2) is 9.59 Å². The number of halogens is 1. The molecule has 0 aromatic heterocycles. The smallest absolute Gasteiger partial charge is 0.328 e. The van der Waals surface area contributed by atoms with Gasteiger partial charge in [-0.15, -0.1) is 0 Å². The van der Waals surface area contributed by atoms with E-state index in [4.69, 9.17) is 4.74 Å². The van der Waals surface area contributed by atoms with Crippen LogP contribution in [0.2, 0.25) is 0 Å². The normalized spacial score (nSPS) is 25.7. The summed E-state index contributed by atoms with van der Waals surface area (Å²) in [5.41, 5.74) is 0. The van der Waals surface area contributed by atoms with Crippen LogP contribution in [0.4, 0.5) is 0 Å².